The van der Waals surface area contributed by atoms with Crippen LogP contribution in [-0.4, -0.2) is 21.0 Å². The van der Waals surface area contributed by atoms with E-state index >= 15 is 0 Å². The number of pyridine rings is 2. The van der Waals surface area contributed by atoms with Gasteiger partial charge < -0.3 is 5.11 Å². The van der Waals surface area contributed by atoms with E-state index in [2.05, 4.69) is 9.97 Å². The van der Waals surface area contributed by atoms with E-state index in [0.717, 1.165) is 27.9 Å². The van der Waals surface area contributed by atoms with Crippen molar-refractivity contribution in [1.82, 2.24) is 9.97 Å². The second-order valence-electron chi connectivity index (χ2n) is 5.35. The number of rotatable bonds is 5. The van der Waals surface area contributed by atoms with Gasteiger partial charge in [0.1, 0.15) is 0 Å². The van der Waals surface area contributed by atoms with E-state index in [-0.39, 0.29) is 6.42 Å². The molecular weight excluding hydrogens is 300 g/mol. The zero-order valence-electron chi connectivity index (χ0n) is 13.0. The Balaban J connectivity index is 1.69. The summed E-state index contributed by atoms with van der Waals surface area (Å²) in [6, 6.07) is 15.3. The van der Waals surface area contributed by atoms with Crippen molar-refractivity contribution in [2.75, 3.05) is 0 Å². The highest BCUT2D eigenvalue weighted by atomic mass is 16.4. The second kappa shape index (κ2) is 7.33. The van der Waals surface area contributed by atoms with E-state index < -0.39 is 5.97 Å². The van der Waals surface area contributed by atoms with Crippen LogP contribution in [0.2, 0.25) is 0 Å². The Kier molecular flexibility index (Phi) is 4.77. The molecule has 0 aliphatic rings. The van der Waals surface area contributed by atoms with Crippen molar-refractivity contribution >= 4 is 18.1 Å². The SMILES string of the molecule is O=C(O)Cc1ccc(/C=C/c2ccc(-c3ccncc3)cn2)cc1. The third-order valence-corrected chi connectivity index (χ3v) is 3.58. The lowest BCUT2D eigenvalue weighted by molar-refractivity contribution is -0.136. The van der Waals surface area contributed by atoms with Gasteiger partial charge >= 0.3 is 5.97 Å². The highest BCUT2D eigenvalue weighted by molar-refractivity contribution is 5.72. The third kappa shape index (κ3) is 4.14. The van der Waals surface area contributed by atoms with E-state index in [1.54, 1.807) is 12.4 Å². The molecule has 0 saturated carbocycles. The van der Waals surface area contributed by atoms with E-state index in [4.69, 9.17) is 5.11 Å². The number of benzene rings is 1. The Morgan fingerprint density at radius 1 is 0.917 bits per heavy atom. The van der Waals surface area contributed by atoms with Crippen LogP contribution in [0.5, 0.6) is 0 Å². The molecule has 0 amide bonds. The average molecular weight is 316 g/mol. The van der Waals surface area contributed by atoms with Crippen LogP contribution in [0.15, 0.2) is 67.1 Å². The predicted molar refractivity (Wildman–Crippen MR) is 94.2 cm³/mol. The first-order valence-electron chi connectivity index (χ1n) is 7.56. The van der Waals surface area contributed by atoms with Gasteiger partial charge in [0.2, 0.25) is 0 Å². The van der Waals surface area contributed by atoms with E-state index in [0.29, 0.717) is 0 Å². The number of carboxylic acids is 1. The largest absolute Gasteiger partial charge is 0.481 e. The molecule has 4 heteroatoms. The molecule has 0 aliphatic carbocycles. The number of aromatic nitrogens is 2. The van der Waals surface area contributed by atoms with Crippen molar-refractivity contribution in [2.45, 2.75) is 6.42 Å². The molecule has 2 aromatic heterocycles. The van der Waals surface area contributed by atoms with Crippen molar-refractivity contribution in [3.05, 3.63) is 83.9 Å². The van der Waals surface area contributed by atoms with Crippen LogP contribution in [0, 0.1) is 0 Å². The van der Waals surface area contributed by atoms with Crippen LogP contribution in [-0.2, 0) is 11.2 Å². The summed E-state index contributed by atoms with van der Waals surface area (Å²) in [7, 11) is 0. The molecule has 0 bridgehead atoms. The molecule has 0 fully saturated rings. The van der Waals surface area contributed by atoms with Crippen LogP contribution in [0.1, 0.15) is 16.8 Å². The van der Waals surface area contributed by atoms with Crippen LogP contribution < -0.4 is 0 Å². The standard InChI is InChI=1S/C20H16N2O2/c23-20(24)13-16-3-1-15(2-4-16)5-7-19-8-6-18(14-22-19)17-9-11-21-12-10-17/h1-12,14H,13H2,(H,23,24)/b7-5+. The molecule has 0 unspecified atom stereocenters. The Labute approximate surface area is 140 Å². The average Bonchev–Trinajstić information content (AvgIpc) is 2.62. The van der Waals surface area contributed by atoms with Gasteiger partial charge in [0.15, 0.2) is 0 Å². The lowest BCUT2D eigenvalue weighted by Gasteiger charge is -2.01. The van der Waals surface area contributed by atoms with Crippen molar-refractivity contribution in [2.24, 2.45) is 0 Å². The molecule has 1 N–H and O–H groups in total. The number of aliphatic carboxylic acids is 1. The molecule has 0 saturated heterocycles. The van der Waals surface area contributed by atoms with Gasteiger partial charge in [-0.25, -0.2) is 0 Å². The van der Waals surface area contributed by atoms with Crippen LogP contribution >= 0.6 is 0 Å². The summed E-state index contributed by atoms with van der Waals surface area (Å²) < 4.78 is 0. The summed E-state index contributed by atoms with van der Waals surface area (Å²) in [5.41, 5.74) is 4.79. The molecule has 3 rings (SSSR count). The van der Waals surface area contributed by atoms with Crippen molar-refractivity contribution < 1.29 is 9.90 Å². The molecule has 2 heterocycles. The monoisotopic (exact) mass is 316 g/mol. The fourth-order valence-corrected chi connectivity index (χ4v) is 2.32. The zero-order valence-corrected chi connectivity index (χ0v) is 13.0. The lowest BCUT2D eigenvalue weighted by Crippen LogP contribution is -1.99. The van der Waals surface area contributed by atoms with Gasteiger partial charge in [-0.3, -0.25) is 14.8 Å². The maximum atomic E-state index is 10.7. The number of nitrogens with zero attached hydrogens (tertiary/aromatic N) is 2. The van der Waals surface area contributed by atoms with Crippen LogP contribution in [0.25, 0.3) is 23.3 Å². The fourth-order valence-electron chi connectivity index (χ4n) is 2.32. The summed E-state index contributed by atoms with van der Waals surface area (Å²) in [6.07, 6.45) is 9.29. The summed E-state index contributed by atoms with van der Waals surface area (Å²) in [5.74, 6) is -0.822. The third-order valence-electron chi connectivity index (χ3n) is 3.58. The van der Waals surface area contributed by atoms with Gasteiger partial charge in [0, 0.05) is 24.2 Å². The number of hydrogen-bond donors (Lipinski definition) is 1. The maximum absolute atomic E-state index is 10.7. The van der Waals surface area contributed by atoms with Gasteiger partial charge in [-0.15, -0.1) is 0 Å². The minimum absolute atomic E-state index is 0.0437. The van der Waals surface area contributed by atoms with Crippen molar-refractivity contribution in [3.63, 3.8) is 0 Å². The van der Waals surface area contributed by atoms with E-state index in [9.17, 15) is 4.79 Å². The first-order valence-corrected chi connectivity index (χ1v) is 7.56. The van der Waals surface area contributed by atoms with Crippen molar-refractivity contribution in [3.8, 4) is 11.1 Å². The number of hydrogen-bond acceptors (Lipinski definition) is 3. The summed E-state index contributed by atoms with van der Waals surface area (Å²) in [5, 5.41) is 8.77. The Hall–Kier alpha value is -3.27. The first kappa shape index (κ1) is 15.6. The van der Waals surface area contributed by atoms with Crippen LogP contribution in [0.4, 0.5) is 0 Å². The molecule has 0 spiro atoms. The van der Waals surface area contributed by atoms with Crippen LogP contribution in [0.3, 0.4) is 0 Å². The number of carbonyl (C=O) groups is 1. The molecule has 3 aromatic rings. The minimum atomic E-state index is -0.822. The highest BCUT2D eigenvalue weighted by Gasteiger charge is 2.00. The Bertz CT molecular complexity index is 839. The molecule has 1 aromatic carbocycles. The topological polar surface area (TPSA) is 63.1 Å². The normalized spacial score (nSPS) is 10.8. The smallest absolute Gasteiger partial charge is 0.307 e. The fraction of sp³-hybridized carbons (Fsp3) is 0.0500. The molecule has 0 radical (unpaired) electrons. The van der Waals surface area contributed by atoms with E-state index in [1.807, 2.05) is 66.9 Å². The quantitative estimate of drug-likeness (QED) is 0.774. The summed E-state index contributed by atoms with van der Waals surface area (Å²) >= 11 is 0. The molecule has 118 valence electrons. The molecule has 0 aliphatic heterocycles. The summed E-state index contributed by atoms with van der Waals surface area (Å²) in [4.78, 5) is 19.1. The maximum Gasteiger partial charge on any atom is 0.307 e. The second-order valence-corrected chi connectivity index (χ2v) is 5.35. The lowest BCUT2D eigenvalue weighted by atomic mass is 10.1. The Morgan fingerprint density at radius 2 is 1.67 bits per heavy atom. The zero-order chi connectivity index (χ0) is 16.8. The van der Waals surface area contributed by atoms with Gasteiger partial charge in [0.05, 0.1) is 12.1 Å². The molecular formula is C20H16N2O2. The molecule has 0 atom stereocenters. The van der Waals surface area contributed by atoms with Gasteiger partial charge in [-0.2, -0.15) is 0 Å². The molecule has 24 heavy (non-hydrogen) atoms. The van der Waals surface area contributed by atoms with Crippen molar-refractivity contribution in [1.29, 1.82) is 0 Å². The van der Waals surface area contributed by atoms with E-state index in [1.165, 1.54) is 0 Å². The van der Waals surface area contributed by atoms with Gasteiger partial charge in [0.25, 0.3) is 0 Å². The minimum Gasteiger partial charge on any atom is -0.481 e. The summed E-state index contributed by atoms with van der Waals surface area (Å²) in [6.45, 7) is 0. The van der Waals surface area contributed by atoms with Gasteiger partial charge in [-0.05, 0) is 41.0 Å². The first-order chi connectivity index (χ1) is 11.7. The molecule has 4 nitrogen and oxygen atoms in total. The predicted octanol–water partition coefficient (Wildman–Crippen LogP) is 3.94. The Morgan fingerprint density at radius 3 is 2.29 bits per heavy atom. The van der Waals surface area contributed by atoms with Gasteiger partial charge in [-0.1, -0.05) is 36.4 Å². The number of carboxylic acid groups (broad SMARTS) is 1. The highest BCUT2D eigenvalue weighted by Crippen LogP contribution is 2.17.